The van der Waals surface area contributed by atoms with Crippen LogP contribution in [0.3, 0.4) is 0 Å². The van der Waals surface area contributed by atoms with E-state index in [1.165, 1.54) is 0 Å². The van der Waals surface area contributed by atoms with Gasteiger partial charge in [-0.05, 0) is 68.9 Å². The normalized spacial score (nSPS) is 18.6. The summed E-state index contributed by atoms with van der Waals surface area (Å²) in [5.41, 5.74) is 2.39. The molecule has 2 amide bonds. The molecule has 2 aliphatic heterocycles. The van der Waals surface area contributed by atoms with Gasteiger partial charge in [-0.2, -0.15) is 13.9 Å². The topological polar surface area (TPSA) is 67.7 Å². The summed E-state index contributed by atoms with van der Waals surface area (Å²) in [5.74, 6) is -0.358. The Morgan fingerprint density at radius 3 is 2.67 bits per heavy atom. The molecule has 3 heterocycles. The number of hydrogen-bond donors (Lipinski definition) is 0. The minimum atomic E-state index is -2.80. The number of ether oxygens (including phenoxy) is 1. The molecule has 1 aromatic carbocycles. The van der Waals surface area contributed by atoms with Crippen LogP contribution in [-0.2, 0) is 17.7 Å². The number of benzene rings is 1. The minimum Gasteiger partial charge on any atom is -0.444 e. The van der Waals surface area contributed by atoms with Gasteiger partial charge in [0.1, 0.15) is 5.60 Å². The smallest absolute Gasteiger partial charge is 0.410 e. The fourth-order valence-electron chi connectivity index (χ4n) is 4.50. The van der Waals surface area contributed by atoms with Crippen molar-refractivity contribution in [2.24, 2.45) is 0 Å². The van der Waals surface area contributed by atoms with Gasteiger partial charge in [-0.15, -0.1) is 0 Å². The van der Waals surface area contributed by atoms with Gasteiger partial charge < -0.3 is 14.5 Å². The first kappa shape index (κ1) is 23.5. The fraction of sp³-hybridized carbons (Fsp3) is 0.522. The molecule has 0 radical (unpaired) electrons. The van der Waals surface area contributed by atoms with Gasteiger partial charge in [-0.3, -0.25) is 4.79 Å². The first-order valence-electron chi connectivity index (χ1n) is 11.0. The van der Waals surface area contributed by atoms with E-state index in [0.29, 0.717) is 35.8 Å². The maximum atomic E-state index is 13.0. The molecule has 2 aliphatic rings. The first-order valence-corrected chi connectivity index (χ1v) is 11.3. The maximum absolute atomic E-state index is 13.0. The number of rotatable bonds is 3. The van der Waals surface area contributed by atoms with Crippen molar-refractivity contribution in [1.82, 2.24) is 19.6 Å². The van der Waals surface area contributed by atoms with Crippen LogP contribution in [0.2, 0.25) is 5.02 Å². The van der Waals surface area contributed by atoms with E-state index < -0.39 is 12.2 Å². The molecule has 0 aliphatic carbocycles. The van der Waals surface area contributed by atoms with Crippen LogP contribution in [0, 0.1) is 0 Å². The zero-order valence-corrected chi connectivity index (χ0v) is 19.6. The highest BCUT2D eigenvalue weighted by Crippen LogP contribution is 2.39. The summed E-state index contributed by atoms with van der Waals surface area (Å²) in [7, 11) is 0. The Morgan fingerprint density at radius 2 is 2.00 bits per heavy atom. The second-order valence-corrected chi connectivity index (χ2v) is 9.86. The minimum absolute atomic E-state index is 0.116. The lowest BCUT2D eigenvalue weighted by Crippen LogP contribution is -2.39. The monoisotopic (exact) mass is 480 g/mol. The van der Waals surface area contributed by atoms with Gasteiger partial charge in [-0.25, -0.2) is 9.48 Å². The van der Waals surface area contributed by atoms with Gasteiger partial charge in [0.2, 0.25) is 0 Å². The first-order chi connectivity index (χ1) is 15.5. The number of fused-ring (bicyclic) bond motifs is 1. The van der Waals surface area contributed by atoms with Gasteiger partial charge in [0, 0.05) is 30.9 Å². The van der Waals surface area contributed by atoms with E-state index in [0.717, 1.165) is 41.9 Å². The lowest BCUT2D eigenvalue weighted by atomic mass is 9.90. The molecule has 0 saturated carbocycles. The van der Waals surface area contributed by atoms with Crippen LogP contribution >= 0.6 is 11.6 Å². The van der Waals surface area contributed by atoms with Crippen LogP contribution in [0.15, 0.2) is 24.5 Å². The van der Waals surface area contributed by atoms with E-state index in [1.807, 2.05) is 32.9 Å². The van der Waals surface area contributed by atoms with E-state index >= 15 is 0 Å². The second-order valence-electron chi connectivity index (χ2n) is 9.43. The van der Waals surface area contributed by atoms with Crippen molar-refractivity contribution >= 4 is 23.6 Å². The second kappa shape index (κ2) is 8.93. The van der Waals surface area contributed by atoms with Gasteiger partial charge in [0.05, 0.1) is 17.8 Å². The quantitative estimate of drug-likeness (QED) is 0.605. The van der Waals surface area contributed by atoms with E-state index in [1.54, 1.807) is 9.80 Å². The van der Waals surface area contributed by atoms with E-state index in [4.69, 9.17) is 16.3 Å². The zero-order chi connectivity index (χ0) is 23.9. The largest absolute Gasteiger partial charge is 0.444 e. The Morgan fingerprint density at radius 1 is 1.24 bits per heavy atom. The third-order valence-corrected chi connectivity index (χ3v) is 6.14. The molecule has 33 heavy (non-hydrogen) atoms. The molecule has 1 atom stereocenters. The molecular formula is C23H27ClF2N4O3. The predicted molar refractivity (Wildman–Crippen MR) is 118 cm³/mol. The number of hydrogen-bond acceptors (Lipinski definition) is 4. The van der Waals surface area contributed by atoms with Crippen LogP contribution < -0.4 is 0 Å². The van der Waals surface area contributed by atoms with Crippen LogP contribution in [0.4, 0.5) is 13.6 Å². The SMILES string of the molecule is CC(C)(C)OC(=O)N1CCCC1c1cc(Cl)cc2c1CN(C(=O)c1cnn(C(F)F)c1)CC2. The van der Waals surface area contributed by atoms with Gasteiger partial charge in [0.15, 0.2) is 0 Å². The number of halogens is 3. The van der Waals surface area contributed by atoms with Crippen molar-refractivity contribution in [3.63, 3.8) is 0 Å². The molecule has 1 aromatic heterocycles. The summed E-state index contributed by atoms with van der Waals surface area (Å²) in [4.78, 5) is 29.2. The Balaban J connectivity index is 1.61. The van der Waals surface area contributed by atoms with Crippen LogP contribution in [0.5, 0.6) is 0 Å². The van der Waals surface area contributed by atoms with Crippen molar-refractivity contribution in [3.8, 4) is 0 Å². The predicted octanol–water partition coefficient (Wildman–Crippen LogP) is 5.20. The summed E-state index contributed by atoms with van der Waals surface area (Å²) >= 11 is 6.42. The van der Waals surface area contributed by atoms with Crippen molar-refractivity contribution < 1.29 is 23.1 Å². The molecule has 1 saturated heterocycles. The Labute approximate surface area is 196 Å². The molecule has 0 bridgehead atoms. The zero-order valence-electron chi connectivity index (χ0n) is 18.9. The molecule has 178 valence electrons. The van der Waals surface area contributed by atoms with Crippen molar-refractivity contribution in [1.29, 1.82) is 0 Å². The standard InChI is InChI=1S/C23H27ClF2N4O3/c1-23(2,3)33-22(32)29-7-4-5-19(29)17-10-16(24)9-14-6-8-28(13-18(14)17)20(31)15-11-27-30(12-15)21(25)26/h9-12,19,21H,4-8,13H2,1-3H3. The fourth-order valence-corrected chi connectivity index (χ4v) is 4.74. The van der Waals surface area contributed by atoms with Crippen LogP contribution in [-0.4, -0.2) is 50.3 Å². The number of carbonyl (C=O) groups is 2. The molecule has 7 nitrogen and oxygen atoms in total. The Hall–Kier alpha value is -2.68. The van der Waals surface area contributed by atoms with Crippen LogP contribution in [0.25, 0.3) is 0 Å². The molecule has 10 heteroatoms. The Bertz CT molecular complexity index is 1070. The summed E-state index contributed by atoms with van der Waals surface area (Å²) in [6, 6.07) is 3.55. The third kappa shape index (κ3) is 4.98. The summed E-state index contributed by atoms with van der Waals surface area (Å²) in [5, 5.41) is 4.15. The average molecular weight is 481 g/mol. The Kier molecular flexibility index (Phi) is 6.35. The van der Waals surface area contributed by atoms with E-state index in [-0.39, 0.29) is 23.6 Å². The number of alkyl halides is 2. The van der Waals surface area contributed by atoms with Crippen molar-refractivity contribution in [2.75, 3.05) is 13.1 Å². The number of carbonyl (C=O) groups excluding carboxylic acids is 2. The molecule has 1 fully saturated rings. The van der Waals surface area contributed by atoms with E-state index in [9.17, 15) is 18.4 Å². The highest BCUT2D eigenvalue weighted by Gasteiger charge is 2.36. The lowest BCUT2D eigenvalue weighted by Gasteiger charge is -2.34. The summed E-state index contributed by atoms with van der Waals surface area (Å²) in [6.45, 7) is 4.01. The summed E-state index contributed by atoms with van der Waals surface area (Å²) < 4.78 is 31.8. The number of likely N-dealkylation sites (tertiary alicyclic amines) is 1. The highest BCUT2D eigenvalue weighted by atomic mass is 35.5. The van der Waals surface area contributed by atoms with Gasteiger partial charge >= 0.3 is 12.6 Å². The molecule has 1 unspecified atom stereocenters. The molecule has 2 aromatic rings. The molecule has 4 rings (SSSR count). The number of nitrogens with zero attached hydrogens (tertiary/aromatic N) is 4. The molecule has 0 N–H and O–H groups in total. The number of amides is 2. The average Bonchev–Trinajstić information content (AvgIpc) is 3.41. The lowest BCUT2D eigenvalue weighted by molar-refractivity contribution is 0.0222. The molecule has 0 spiro atoms. The van der Waals surface area contributed by atoms with Crippen molar-refractivity contribution in [2.45, 2.75) is 64.8 Å². The third-order valence-electron chi connectivity index (χ3n) is 5.92. The van der Waals surface area contributed by atoms with Gasteiger partial charge in [-0.1, -0.05) is 11.6 Å². The highest BCUT2D eigenvalue weighted by molar-refractivity contribution is 6.30. The molecular weight excluding hydrogens is 454 g/mol. The van der Waals surface area contributed by atoms with Gasteiger partial charge in [0.25, 0.3) is 5.91 Å². The van der Waals surface area contributed by atoms with E-state index in [2.05, 4.69) is 5.10 Å². The number of aromatic nitrogens is 2. The summed E-state index contributed by atoms with van der Waals surface area (Å²) in [6.07, 6.45) is 4.03. The maximum Gasteiger partial charge on any atom is 0.410 e. The van der Waals surface area contributed by atoms with Crippen molar-refractivity contribution in [3.05, 3.63) is 51.8 Å². The van der Waals surface area contributed by atoms with Crippen LogP contribution in [0.1, 0.15) is 73.3 Å².